The molecule has 1 saturated heterocycles. The number of hydrogen-bond acceptors (Lipinski definition) is 5. The van der Waals surface area contributed by atoms with Crippen LogP contribution >= 0.6 is 0 Å². The molecule has 88 valence electrons. The van der Waals surface area contributed by atoms with Gasteiger partial charge in [0.1, 0.15) is 6.42 Å². The van der Waals surface area contributed by atoms with E-state index in [0.717, 1.165) is 9.80 Å². The minimum atomic E-state index is -0.494. The van der Waals surface area contributed by atoms with Crippen molar-refractivity contribution in [1.82, 2.24) is 9.80 Å². The van der Waals surface area contributed by atoms with Crippen LogP contribution in [0, 0.1) is 0 Å². The molecule has 1 heterocycles. The fraction of sp³-hybridized carbons (Fsp3) is 0.625. The Balaban J connectivity index is -0.000000211. The van der Waals surface area contributed by atoms with Gasteiger partial charge in [-0.2, -0.15) is 0 Å². The Morgan fingerprint density at radius 2 is 1.18 bits per heavy atom. The summed E-state index contributed by atoms with van der Waals surface area (Å²) in [4.78, 5) is 35.9. The molecule has 1 aliphatic rings. The standard InChI is InChI=1S/C8H12N2O3.2Na.2H2O/c1-3-9-6(11)5-7(12)10(4-2)8(9)13;;;;/h3-5H2,1-2H3;;;2*1H2/q;2*+1;;/p-2. The van der Waals surface area contributed by atoms with Crippen molar-refractivity contribution in [3.63, 3.8) is 0 Å². The van der Waals surface area contributed by atoms with E-state index in [0.29, 0.717) is 13.1 Å². The zero-order chi connectivity index (χ0) is 10.0. The van der Waals surface area contributed by atoms with E-state index in [1.165, 1.54) is 0 Å². The summed E-state index contributed by atoms with van der Waals surface area (Å²) in [6.07, 6.45) is -0.187. The van der Waals surface area contributed by atoms with E-state index < -0.39 is 17.8 Å². The van der Waals surface area contributed by atoms with Gasteiger partial charge in [0.2, 0.25) is 11.8 Å². The maximum absolute atomic E-state index is 11.4. The van der Waals surface area contributed by atoms with E-state index in [2.05, 4.69) is 0 Å². The van der Waals surface area contributed by atoms with Crippen LogP contribution in [0.25, 0.3) is 0 Å². The molecule has 0 aromatic carbocycles. The summed E-state index contributed by atoms with van der Waals surface area (Å²) >= 11 is 0. The smallest absolute Gasteiger partial charge is 0.870 e. The maximum atomic E-state index is 11.4. The van der Waals surface area contributed by atoms with Crippen LogP contribution in [0.5, 0.6) is 0 Å². The van der Waals surface area contributed by atoms with E-state index in [-0.39, 0.29) is 76.5 Å². The van der Waals surface area contributed by atoms with Crippen LogP contribution in [-0.4, -0.2) is 51.7 Å². The van der Waals surface area contributed by atoms with E-state index >= 15 is 0 Å². The second-order valence-electron chi connectivity index (χ2n) is 2.74. The van der Waals surface area contributed by atoms with Gasteiger partial charge in [-0.15, -0.1) is 0 Å². The van der Waals surface area contributed by atoms with Crippen LogP contribution in [0.2, 0.25) is 0 Å². The number of urea groups is 1. The minimum Gasteiger partial charge on any atom is -0.870 e. The fourth-order valence-corrected chi connectivity index (χ4v) is 1.30. The quantitative estimate of drug-likeness (QED) is 0.363. The van der Waals surface area contributed by atoms with Crippen LogP contribution in [0.15, 0.2) is 0 Å². The van der Waals surface area contributed by atoms with E-state index in [1.54, 1.807) is 13.8 Å². The Bertz CT molecular complexity index is 251. The molecule has 7 nitrogen and oxygen atoms in total. The number of barbiturate groups is 1. The number of carbonyl (C=O) groups is 3. The molecule has 1 rings (SSSR count). The third kappa shape index (κ3) is 5.80. The molecular formula is C8H14N2Na2O5. The molecule has 1 aliphatic heterocycles. The van der Waals surface area contributed by atoms with Crippen LogP contribution in [0.1, 0.15) is 20.3 Å². The first-order valence-electron chi connectivity index (χ1n) is 4.26. The zero-order valence-electron chi connectivity index (χ0n) is 10.6. The number of carbonyl (C=O) groups excluding carboxylic acids is 3. The molecule has 0 aromatic heterocycles. The van der Waals surface area contributed by atoms with Crippen molar-refractivity contribution < 1.29 is 84.5 Å². The van der Waals surface area contributed by atoms with Gasteiger partial charge in [-0.3, -0.25) is 19.4 Å². The molecule has 0 radical (unpaired) electrons. The number of nitrogens with zero attached hydrogens (tertiary/aromatic N) is 2. The fourth-order valence-electron chi connectivity index (χ4n) is 1.30. The number of hydrogen-bond donors (Lipinski definition) is 0. The first-order chi connectivity index (χ1) is 6.11. The second kappa shape index (κ2) is 11.6. The van der Waals surface area contributed by atoms with Crippen molar-refractivity contribution >= 4 is 17.8 Å². The Hall–Kier alpha value is 0.530. The normalized spacial score (nSPS) is 14.1. The van der Waals surface area contributed by atoms with Crippen LogP contribution in [0.4, 0.5) is 4.79 Å². The molecule has 0 bridgehead atoms. The van der Waals surface area contributed by atoms with E-state index in [4.69, 9.17) is 0 Å². The van der Waals surface area contributed by atoms with Crippen molar-refractivity contribution in [2.75, 3.05) is 13.1 Å². The number of imide groups is 2. The van der Waals surface area contributed by atoms with Crippen LogP contribution in [-0.2, 0) is 9.59 Å². The van der Waals surface area contributed by atoms with Crippen LogP contribution in [0.3, 0.4) is 0 Å². The van der Waals surface area contributed by atoms with Crippen molar-refractivity contribution in [3.8, 4) is 0 Å². The van der Waals surface area contributed by atoms with Crippen molar-refractivity contribution in [3.05, 3.63) is 0 Å². The van der Waals surface area contributed by atoms with Gasteiger partial charge in [0.05, 0.1) is 0 Å². The summed E-state index contributed by atoms with van der Waals surface area (Å²) < 4.78 is 0. The van der Waals surface area contributed by atoms with Gasteiger partial charge in [-0.05, 0) is 13.8 Å². The average Bonchev–Trinajstić information content (AvgIpc) is 2.04. The Labute approximate surface area is 144 Å². The Morgan fingerprint density at radius 3 is 1.41 bits per heavy atom. The zero-order valence-corrected chi connectivity index (χ0v) is 14.6. The third-order valence-corrected chi connectivity index (χ3v) is 2.00. The SMILES string of the molecule is CCN1C(=O)CC(=O)N(CC)C1=O.[Na+].[Na+].[OH-].[OH-]. The molecule has 0 atom stereocenters. The van der Waals surface area contributed by atoms with Crippen molar-refractivity contribution in [2.45, 2.75) is 20.3 Å². The molecule has 1 fully saturated rings. The predicted molar refractivity (Wildman–Crippen MR) is 48.7 cm³/mol. The van der Waals surface area contributed by atoms with Crippen LogP contribution < -0.4 is 59.1 Å². The van der Waals surface area contributed by atoms with Gasteiger partial charge in [0.15, 0.2) is 0 Å². The predicted octanol–water partition coefficient (Wildman–Crippen LogP) is -6.14. The first-order valence-corrected chi connectivity index (χ1v) is 4.26. The first kappa shape index (κ1) is 26.2. The summed E-state index contributed by atoms with van der Waals surface area (Å²) in [5, 5.41) is 0. The summed E-state index contributed by atoms with van der Waals surface area (Å²) in [6.45, 7) is 4.06. The summed E-state index contributed by atoms with van der Waals surface area (Å²) in [5.74, 6) is -0.801. The number of amides is 4. The topological polar surface area (TPSA) is 118 Å². The third-order valence-electron chi connectivity index (χ3n) is 2.00. The monoisotopic (exact) mass is 264 g/mol. The maximum Gasteiger partial charge on any atom is 1.00 e. The molecule has 2 N–H and O–H groups in total. The summed E-state index contributed by atoms with van der Waals surface area (Å²) in [6, 6.07) is -0.494. The molecular weight excluding hydrogens is 250 g/mol. The largest absolute Gasteiger partial charge is 1.00 e. The molecule has 0 spiro atoms. The second-order valence-corrected chi connectivity index (χ2v) is 2.74. The van der Waals surface area contributed by atoms with E-state index in [1.807, 2.05) is 0 Å². The molecule has 9 heteroatoms. The van der Waals surface area contributed by atoms with Crippen molar-refractivity contribution in [1.29, 1.82) is 0 Å². The van der Waals surface area contributed by atoms with E-state index in [9.17, 15) is 14.4 Å². The molecule has 4 amide bonds. The Kier molecular flexibility index (Phi) is 17.9. The van der Waals surface area contributed by atoms with Crippen molar-refractivity contribution in [2.24, 2.45) is 0 Å². The van der Waals surface area contributed by atoms with Gasteiger partial charge >= 0.3 is 65.1 Å². The summed E-state index contributed by atoms with van der Waals surface area (Å²) in [5.41, 5.74) is 0. The molecule has 0 unspecified atom stereocenters. The van der Waals surface area contributed by atoms with Gasteiger partial charge in [0.25, 0.3) is 0 Å². The Morgan fingerprint density at radius 1 is 0.882 bits per heavy atom. The number of rotatable bonds is 2. The van der Waals surface area contributed by atoms with Gasteiger partial charge < -0.3 is 11.0 Å². The van der Waals surface area contributed by atoms with Gasteiger partial charge in [-0.25, -0.2) is 4.79 Å². The molecule has 17 heavy (non-hydrogen) atoms. The summed E-state index contributed by atoms with van der Waals surface area (Å²) in [7, 11) is 0. The van der Waals surface area contributed by atoms with Gasteiger partial charge in [0, 0.05) is 13.1 Å². The minimum absolute atomic E-state index is 0. The average molecular weight is 264 g/mol. The molecule has 0 aromatic rings. The molecule has 0 saturated carbocycles. The van der Waals surface area contributed by atoms with Gasteiger partial charge in [-0.1, -0.05) is 0 Å². The molecule has 0 aliphatic carbocycles.